The van der Waals surface area contributed by atoms with E-state index in [1.165, 1.54) is 17.8 Å². The van der Waals surface area contributed by atoms with Crippen LogP contribution in [0.25, 0.3) is 10.9 Å². The fraction of sp³-hybridized carbons (Fsp3) is 0. The summed E-state index contributed by atoms with van der Waals surface area (Å²) in [5, 5.41) is 11.2. The van der Waals surface area contributed by atoms with Crippen LogP contribution in [0, 0.1) is 0 Å². The molecule has 0 atom stereocenters. The number of carbonyl (C=O) groups is 1. The zero-order valence-electron chi connectivity index (χ0n) is 10.5. The molecule has 3 aromatic rings. The van der Waals surface area contributed by atoms with E-state index in [-0.39, 0.29) is 5.56 Å². The van der Waals surface area contributed by atoms with Crippen LogP contribution in [0.3, 0.4) is 0 Å². The Kier molecular flexibility index (Phi) is 3.12. The molecular formula is C15H12N2O2S. The summed E-state index contributed by atoms with van der Waals surface area (Å²) >= 11 is 1.37. The molecule has 4 nitrogen and oxygen atoms in total. The molecule has 2 aromatic carbocycles. The Balaban J connectivity index is 2.01. The maximum Gasteiger partial charge on any atom is 0.336 e. The summed E-state index contributed by atoms with van der Waals surface area (Å²) in [4.78, 5) is 15.1. The number of rotatable bonds is 3. The second-order valence-corrected chi connectivity index (χ2v) is 5.47. The third kappa shape index (κ3) is 2.35. The molecule has 0 bridgehead atoms. The molecule has 0 fully saturated rings. The van der Waals surface area contributed by atoms with E-state index < -0.39 is 5.97 Å². The average molecular weight is 284 g/mol. The van der Waals surface area contributed by atoms with Gasteiger partial charge in [-0.1, -0.05) is 30.0 Å². The predicted octanol–water partition coefficient (Wildman–Crippen LogP) is 3.60. The largest absolute Gasteiger partial charge is 0.478 e. The highest BCUT2D eigenvalue weighted by atomic mass is 32.2. The van der Waals surface area contributed by atoms with E-state index in [0.717, 1.165) is 15.9 Å². The third-order valence-corrected chi connectivity index (χ3v) is 3.96. The van der Waals surface area contributed by atoms with E-state index in [9.17, 15) is 9.90 Å². The summed E-state index contributed by atoms with van der Waals surface area (Å²) in [6, 6.07) is 14.7. The molecule has 0 saturated heterocycles. The van der Waals surface area contributed by atoms with Crippen LogP contribution in [-0.2, 0) is 0 Å². The van der Waals surface area contributed by atoms with Crippen LogP contribution < -0.4 is 5.73 Å². The smallest absolute Gasteiger partial charge is 0.336 e. The number of aromatic carboxylic acids is 1. The zero-order chi connectivity index (χ0) is 14.1. The molecule has 0 aliphatic heterocycles. The Labute approximate surface area is 119 Å². The highest BCUT2D eigenvalue weighted by Crippen LogP contribution is 2.33. The fourth-order valence-corrected chi connectivity index (χ4v) is 3.06. The van der Waals surface area contributed by atoms with Crippen molar-refractivity contribution in [2.24, 2.45) is 0 Å². The van der Waals surface area contributed by atoms with E-state index in [2.05, 4.69) is 4.98 Å². The van der Waals surface area contributed by atoms with Crippen LogP contribution in [0.15, 0.2) is 58.5 Å². The number of nitrogens with two attached hydrogens (primary N) is 1. The Morgan fingerprint density at radius 2 is 1.95 bits per heavy atom. The number of carboxylic acid groups (broad SMARTS) is 1. The first-order chi connectivity index (χ1) is 9.63. The fourth-order valence-electron chi connectivity index (χ4n) is 2.02. The predicted molar refractivity (Wildman–Crippen MR) is 80.2 cm³/mol. The summed E-state index contributed by atoms with van der Waals surface area (Å²) in [5.41, 5.74) is 7.57. The van der Waals surface area contributed by atoms with Gasteiger partial charge in [-0.05, 0) is 30.3 Å². The lowest BCUT2D eigenvalue weighted by molar-refractivity contribution is 0.0693. The molecule has 0 amide bonds. The van der Waals surface area contributed by atoms with Crippen LogP contribution in [0.4, 0.5) is 5.69 Å². The minimum atomic E-state index is -0.955. The number of hydrogen-bond acceptors (Lipinski definition) is 3. The van der Waals surface area contributed by atoms with Crippen LogP contribution in [-0.4, -0.2) is 16.1 Å². The Hall–Kier alpha value is -2.40. The van der Waals surface area contributed by atoms with Gasteiger partial charge in [0.2, 0.25) is 0 Å². The number of anilines is 1. The summed E-state index contributed by atoms with van der Waals surface area (Å²) in [6.07, 6.45) is 0. The van der Waals surface area contributed by atoms with Crippen molar-refractivity contribution >= 4 is 34.3 Å². The summed E-state index contributed by atoms with van der Waals surface area (Å²) in [7, 11) is 0. The average Bonchev–Trinajstić information content (AvgIpc) is 2.80. The molecule has 0 radical (unpaired) electrons. The molecule has 0 unspecified atom stereocenters. The highest BCUT2D eigenvalue weighted by Gasteiger charge is 2.12. The standard InChI is InChI=1S/C15H12N2O2S/c16-10-5-6-11(15(18)19)13(8-10)20-14-7-9-3-1-2-4-12(9)17-14/h1-8,17H,16H2,(H,18,19). The molecule has 4 N–H and O–H groups in total. The van der Waals surface area contributed by atoms with E-state index in [1.54, 1.807) is 12.1 Å². The van der Waals surface area contributed by atoms with Gasteiger partial charge in [-0.25, -0.2) is 4.79 Å². The van der Waals surface area contributed by atoms with E-state index in [4.69, 9.17) is 5.73 Å². The van der Waals surface area contributed by atoms with Gasteiger partial charge in [0.1, 0.15) is 0 Å². The van der Waals surface area contributed by atoms with Gasteiger partial charge in [0, 0.05) is 21.5 Å². The SMILES string of the molecule is Nc1ccc(C(=O)O)c(Sc2cc3ccccc3[nH]2)c1. The van der Waals surface area contributed by atoms with Crippen molar-refractivity contribution < 1.29 is 9.90 Å². The Morgan fingerprint density at radius 3 is 2.70 bits per heavy atom. The minimum Gasteiger partial charge on any atom is -0.478 e. The molecule has 5 heteroatoms. The molecular weight excluding hydrogens is 272 g/mol. The van der Waals surface area contributed by atoms with Crippen molar-refractivity contribution in [2.45, 2.75) is 9.92 Å². The van der Waals surface area contributed by atoms with Crippen LogP contribution in [0.5, 0.6) is 0 Å². The van der Waals surface area contributed by atoms with Crippen LogP contribution >= 0.6 is 11.8 Å². The van der Waals surface area contributed by atoms with Crippen molar-refractivity contribution in [1.29, 1.82) is 0 Å². The van der Waals surface area contributed by atoms with Gasteiger partial charge in [-0.2, -0.15) is 0 Å². The van der Waals surface area contributed by atoms with Gasteiger partial charge in [-0.3, -0.25) is 0 Å². The lowest BCUT2D eigenvalue weighted by atomic mass is 10.2. The molecule has 3 rings (SSSR count). The molecule has 0 aliphatic carbocycles. The van der Waals surface area contributed by atoms with Gasteiger partial charge < -0.3 is 15.8 Å². The number of benzene rings is 2. The Morgan fingerprint density at radius 1 is 1.15 bits per heavy atom. The molecule has 0 aliphatic rings. The first-order valence-corrected chi connectivity index (χ1v) is 6.83. The maximum absolute atomic E-state index is 11.2. The van der Waals surface area contributed by atoms with Gasteiger partial charge >= 0.3 is 5.97 Å². The summed E-state index contributed by atoms with van der Waals surface area (Å²) in [5.74, 6) is -0.955. The third-order valence-electron chi connectivity index (χ3n) is 2.96. The number of aromatic amines is 1. The van der Waals surface area contributed by atoms with Gasteiger partial charge in [0.05, 0.1) is 10.6 Å². The topological polar surface area (TPSA) is 79.1 Å². The maximum atomic E-state index is 11.2. The second kappa shape index (κ2) is 4.94. The van der Waals surface area contributed by atoms with Crippen molar-refractivity contribution in [1.82, 2.24) is 4.98 Å². The monoisotopic (exact) mass is 284 g/mol. The van der Waals surface area contributed by atoms with Crippen molar-refractivity contribution in [2.75, 3.05) is 5.73 Å². The van der Waals surface area contributed by atoms with Crippen LogP contribution in [0.2, 0.25) is 0 Å². The lowest BCUT2D eigenvalue weighted by Crippen LogP contribution is -1.99. The lowest BCUT2D eigenvalue weighted by Gasteiger charge is -2.05. The molecule has 0 saturated carbocycles. The van der Waals surface area contributed by atoms with Crippen molar-refractivity contribution in [3.05, 3.63) is 54.1 Å². The number of hydrogen-bond donors (Lipinski definition) is 3. The van der Waals surface area contributed by atoms with Gasteiger partial charge in [0.25, 0.3) is 0 Å². The molecule has 0 spiro atoms. The summed E-state index contributed by atoms with van der Waals surface area (Å²) < 4.78 is 0. The van der Waals surface area contributed by atoms with Crippen LogP contribution in [0.1, 0.15) is 10.4 Å². The number of nitrogen functional groups attached to an aromatic ring is 1. The second-order valence-electron chi connectivity index (χ2n) is 4.38. The van der Waals surface area contributed by atoms with Gasteiger partial charge in [-0.15, -0.1) is 0 Å². The van der Waals surface area contributed by atoms with E-state index in [1.807, 2.05) is 30.3 Å². The van der Waals surface area contributed by atoms with E-state index in [0.29, 0.717) is 10.6 Å². The normalized spacial score (nSPS) is 10.8. The number of para-hydroxylation sites is 1. The number of fused-ring (bicyclic) bond motifs is 1. The first kappa shape index (κ1) is 12.6. The molecule has 100 valence electrons. The van der Waals surface area contributed by atoms with Crippen molar-refractivity contribution in [3.8, 4) is 0 Å². The number of aromatic nitrogens is 1. The van der Waals surface area contributed by atoms with Gasteiger partial charge in [0.15, 0.2) is 0 Å². The van der Waals surface area contributed by atoms with E-state index >= 15 is 0 Å². The highest BCUT2D eigenvalue weighted by molar-refractivity contribution is 7.99. The molecule has 1 heterocycles. The minimum absolute atomic E-state index is 0.253. The molecule has 1 aromatic heterocycles. The summed E-state index contributed by atoms with van der Waals surface area (Å²) in [6.45, 7) is 0. The number of carboxylic acids is 1. The Bertz CT molecular complexity index is 762. The number of nitrogens with one attached hydrogen (secondary N) is 1. The number of H-pyrrole nitrogens is 1. The first-order valence-electron chi connectivity index (χ1n) is 6.02. The quantitative estimate of drug-likeness (QED) is 0.642. The molecule has 20 heavy (non-hydrogen) atoms. The zero-order valence-corrected chi connectivity index (χ0v) is 11.3. The van der Waals surface area contributed by atoms with Crippen molar-refractivity contribution in [3.63, 3.8) is 0 Å².